The highest BCUT2D eigenvalue weighted by Gasteiger charge is 2.51. The van der Waals surface area contributed by atoms with Crippen molar-refractivity contribution in [3.8, 4) is 23.2 Å². The molecular weight excluding hydrogens is 629 g/mol. The molecule has 4 aliphatic rings. The number of alkyl halides is 1. The van der Waals surface area contributed by atoms with Gasteiger partial charge in [0, 0.05) is 53.6 Å². The Labute approximate surface area is 274 Å². The average molecular weight is 659 g/mol. The van der Waals surface area contributed by atoms with Gasteiger partial charge in [-0.15, -0.1) is 0 Å². The molecule has 1 amide bonds. The molecule has 6 heterocycles. The Balaban J connectivity index is 1.27. The van der Waals surface area contributed by atoms with Crippen molar-refractivity contribution in [3.05, 3.63) is 71.4 Å². The molecule has 0 bridgehead atoms. The number of amides is 1. The fraction of sp³-hybridized carbons (Fsp3) is 0.371. The highest BCUT2D eigenvalue weighted by atomic mass is 35.5. The van der Waals surface area contributed by atoms with Crippen LogP contribution in [0, 0.1) is 17.1 Å². The predicted molar refractivity (Wildman–Crippen MR) is 172 cm³/mol. The van der Waals surface area contributed by atoms with E-state index in [4.69, 9.17) is 16.3 Å². The van der Waals surface area contributed by atoms with Gasteiger partial charge in [-0.2, -0.15) is 5.26 Å². The molecule has 240 valence electrons. The molecule has 2 aromatic carbocycles. The van der Waals surface area contributed by atoms with E-state index in [1.807, 2.05) is 23.1 Å². The monoisotopic (exact) mass is 658 g/mol. The Bertz CT molecular complexity index is 2030. The second-order valence-electron chi connectivity index (χ2n) is 12.9. The first-order chi connectivity index (χ1) is 22.7. The lowest BCUT2D eigenvalue weighted by molar-refractivity contribution is -0.130. The summed E-state index contributed by atoms with van der Waals surface area (Å²) in [7, 11) is 0. The summed E-state index contributed by atoms with van der Waals surface area (Å²) in [4.78, 5) is 27.1. The molecule has 4 fully saturated rings. The molecule has 8 rings (SSSR count). The van der Waals surface area contributed by atoms with Gasteiger partial charge in [-0.3, -0.25) is 14.7 Å². The number of carbonyl (C=O) groups excluding carboxylic acids is 1. The molecule has 0 unspecified atom stereocenters. The summed E-state index contributed by atoms with van der Waals surface area (Å²) in [5.74, 6) is -2.53. The topological polar surface area (TPSA) is 85.6 Å². The van der Waals surface area contributed by atoms with Gasteiger partial charge in [0.1, 0.15) is 35.6 Å². The van der Waals surface area contributed by atoms with Gasteiger partial charge in [0.05, 0.1) is 23.3 Å². The molecule has 4 atom stereocenters. The van der Waals surface area contributed by atoms with Gasteiger partial charge in [-0.25, -0.2) is 18.2 Å². The normalized spacial score (nSPS) is 25.1. The highest BCUT2D eigenvalue weighted by Crippen LogP contribution is 2.46. The van der Waals surface area contributed by atoms with Crippen molar-refractivity contribution in [1.82, 2.24) is 19.8 Å². The summed E-state index contributed by atoms with van der Waals surface area (Å²) >= 11 is 6.59. The van der Waals surface area contributed by atoms with Crippen LogP contribution in [0.5, 0.6) is 5.88 Å². The molecule has 4 saturated heterocycles. The van der Waals surface area contributed by atoms with E-state index in [-0.39, 0.29) is 41.3 Å². The molecule has 0 N–H and O–H groups in total. The lowest BCUT2D eigenvalue weighted by Crippen LogP contribution is -2.63. The number of rotatable bonds is 6. The minimum Gasteiger partial charge on any atom is -0.475 e. The van der Waals surface area contributed by atoms with Crippen molar-refractivity contribution in [2.45, 2.75) is 49.5 Å². The molecule has 8 nitrogen and oxygen atoms in total. The summed E-state index contributed by atoms with van der Waals surface area (Å²) in [5, 5.41) is 12.8. The van der Waals surface area contributed by atoms with Gasteiger partial charge in [-0.05, 0) is 37.3 Å². The molecule has 0 radical (unpaired) electrons. The van der Waals surface area contributed by atoms with Crippen LogP contribution in [0.2, 0.25) is 5.02 Å². The Hall–Kier alpha value is -4.40. The van der Waals surface area contributed by atoms with Crippen molar-refractivity contribution in [2.75, 3.05) is 37.7 Å². The largest absolute Gasteiger partial charge is 0.475 e. The third kappa shape index (κ3) is 4.56. The van der Waals surface area contributed by atoms with Crippen molar-refractivity contribution in [1.29, 1.82) is 5.26 Å². The summed E-state index contributed by atoms with van der Waals surface area (Å²) < 4.78 is 51.5. The van der Waals surface area contributed by atoms with Gasteiger partial charge >= 0.3 is 0 Å². The van der Waals surface area contributed by atoms with Crippen LogP contribution >= 0.6 is 11.6 Å². The van der Waals surface area contributed by atoms with E-state index in [1.165, 1.54) is 11.1 Å². The van der Waals surface area contributed by atoms with Gasteiger partial charge in [-0.1, -0.05) is 48.5 Å². The third-order valence-corrected chi connectivity index (χ3v) is 10.8. The van der Waals surface area contributed by atoms with Crippen LogP contribution in [0.15, 0.2) is 55.0 Å². The lowest BCUT2D eigenvalue weighted by atomic mass is 9.93. The minimum absolute atomic E-state index is 0.0369. The van der Waals surface area contributed by atoms with Crippen LogP contribution < -0.4 is 9.64 Å². The first kappa shape index (κ1) is 30.0. The number of nitriles is 1. The number of pyridine rings is 2. The summed E-state index contributed by atoms with van der Waals surface area (Å²) in [6, 6.07) is 12.6. The fourth-order valence-corrected chi connectivity index (χ4v) is 8.56. The van der Waals surface area contributed by atoms with Gasteiger partial charge < -0.3 is 14.5 Å². The van der Waals surface area contributed by atoms with Crippen LogP contribution in [0.25, 0.3) is 32.9 Å². The number of benzene rings is 2. The predicted octanol–water partition coefficient (Wildman–Crippen LogP) is 6.34. The van der Waals surface area contributed by atoms with E-state index in [0.29, 0.717) is 59.5 Å². The van der Waals surface area contributed by atoms with E-state index in [1.54, 1.807) is 18.2 Å². The first-order valence-electron chi connectivity index (χ1n) is 15.7. The standard InChI is InChI=1S/C35H30ClF3N6O2/c1-19(37)34(46)44-12-9-26-27(44)17-45(26)32-23(14-40)33(47-18-35-10-4-11-43(35)16-21(38)13-35)42-31-24(32)15-41-30(29(31)39)22-7-2-5-20-6-3-8-25(36)28(20)22/h2-3,5-8,15,21,26-27H,1,4,9-13,16-18H2/t21-,26-,27-,35+/m1/s1. The van der Waals surface area contributed by atoms with Gasteiger partial charge in [0.25, 0.3) is 5.91 Å². The number of carbonyl (C=O) groups is 1. The van der Waals surface area contributed by atoms with E-state index < -0.39 is 29.3 Å². The molecule has 4 aromatic rings. The summed E-state index contributed by atoms with van der Waals surface area (Å²) in [6.45, 7) is 4.98. The maximum atomic E-state index is 16.8. The maximum absolute atomic E-state index is 16.8. The Kier molecular flexibility index (Phi) is 7.08. The number of halogens is 4. The van der Waals surface area contributed by atoms with E-state index in [0.717, 1.165) is 24.8 Å². The molecule has 4 aliphatic heterocycles. The number of ether oxygens (including phenoxy) is 1. The third-order valence-electron chi connectivity index (χ3n) is 10.4. The van der Waals surface area contributed by atoms with Crippen molar-refractivity contribution in [2.24, 2.45) is 0 Å². The van der Waals surface area contributed by atoms with E-state index >= 15 is 4.39 Å². The van der Waals surface area contributed by atoms with Gasteiger partial charge in [0.15, 0.2) is 11.6 Å². The maximum Gasteiger partial charge on any atom is 0.282 e. The number of likely N-dealkylation sites (tertiary alicyclic amines) is 1. The smallest absolute Gasteiger partial charge is 0.282 e. The minimum atomic E-state index is -1.03. The van der Waals surface area contributed by atoms with Crippen molar-refractivity contribution >= 4 is 44.9 Å². The van der Waals surface area contributed by atoms with Crippen LogP contribution in [-0.2, 0) is 4.79 Å². The SMILES string of the molecule is C=C(F)C(=O)N1CC[C@@H]2[C@H]1CN2c1c(C#N)c(OC[C@@]23CCCN2C[C@H](F)C3)nc2c(F)c(-c3cccc4cccc(Cl)c34)ncc12. The van der Waals surface area contributed by atoms with E-state index in [9.17, 15) is 18.8 Å². The Morgan fingerprint density at radius 2 is 2.00 bits per heavy atom. The molecule has 0 spiro atoms. The van der Waals surface area contributed by atoms with Crippen LogP contribution in [0.4, 0.5) is 18.9 Å². The molecule has 0 saturated carbocycles. The lowest BCUT2D eigenvalue weighted by Gasteiger charge is -2.48. The zero-order valence-electron chi connectivity index (χ0n) is 25.4. The number of aromatic nitrogens is 2. The average Bonchev–Trinajstić information content (AvgIpc) is 3.69. The molecular formula is C35H30ClF3N6O2. The Morgan fingerprint density at radius 3 is 2.79 bits per heavy atom. The number of fused-ring (bicyclic) bond motifs is 4. The van der Waals surface area contributed by atoms with E-state index in [2.05, 4.69) is 27.5 Å². The summed E-state index contributed by atoms with van der Waals surface area (Å²) in [6.07, 6.45) is 3.03. The fourth-order valence-electron chi connectivity index (χ4n) is 8.27. The highest BCUT2D eigenvalue weighted by molar-refractivity contribution is 6.36. The quantitative estimate of drug-likeness (QED) is 0.224. The van der Waals surface area contributed by atoms with Crippen molar-refractivity contribution in [3.63, 3.8) is 0 Å². The Morgan fingerprint density at radius 1 is 1.19 bits per heavy atom. The second kappa shape index (κ2) is 11.1. The molecule has 47 heavy (non-hydrogen) atoms. The van der Waals surface area contributed by atoms with Crippen molar-refractivity contribution < 1.29 is 22.7 Å². The zero-order valence-corrected chi connectivity index (χ0v) is 26.1. The van der Waals surface area contributed by atoms with Gasteiger partial charge in [0.2, 0.25) is 5.88 Å². The summed E-state index contributed by atoms with van der Waals surface area (Å²) in [5.41, 5.74) is 0.476. The number of anilines is 1. The zero-order chi connectivity index (χ0) is 32.6. The van der Waals surface area contributed by atoms with Crippen LogP contribution in [-0.4, -0.2) is 82.3 Å². The first-order valence-corrected chi connectivity index (χ1v) is 16.1. The molecule has 12 heteroatoms. The number of nitrogens with zero attached hydrogens (tertiary/aromatic N) is 6. The molecule has 2 aromatic heterocycles. The number of hydrogen-bond acceptors (Lipinski definition) is 7. The van der Waals surface area contributed by atoms with Crippen LogP contribution in [0.3, 0.4) is 0 Å². The number of hydrogen-bond donors (Lipinski definition) is 0. The second-order valence-corrected chi connectivity index (χ2v) is 13.3. The van der Waals surface area contributed by atoms with Crippen LogP contribution in [0.1, 0.15) is 31.2 Å². The molecule has 0 aliphatic carbocycles.